The van der Waals surface area contributed by atoms with Crippen LogP contribution in [0, 0.1) is 0 Å². The number of anilines is 1. The van der Waals surface area contributed by atoms with E-state index in [0.29, 0.717) is 6.61 Å². The van der Waals surface area contributed by atoms with E-state index in [2.05, 4.69) is 10.2 Å². The fourth-order valence-electron chi connectivity index (χ4n) is 1.97. The molecule has 1 unspecified atom stereocenters. The molecule has 1 aromatic rings. The highest BCUT2D eigenvalue weighted by Crippen LogP contribution is 2.23. The van der Waals surface area contributed by atoms with E-state index in [-0.39, 0.29) is 6.10 Å². The van der Waals surface area contributed by atoms with Gasteiger partial charge in [0.05, 0.1) is 12.7 Å². The van der Waals surface area contributed by atoms with Crippen LogP contribution in [0.15, 0.2) is 18.2 Å². The highest BCUT2D eigenvalue weighted by atomic mass is 35.5. The van der Waals surface area contributed by atoms with Crippen LogP contribution in [-0.2, 0) is 11.3 Å². The largest absolute Gasteiger partial charge is 0.393 e. The van der Waals surface area contributed by atoms with Crippen molar-refractivity contribution in [3.05, 3.63) is 28.8 Å². The summed E-state index contributed by atoms with van der Waals surface area (Å²) >= 11 is 6.08. The fourth-order valence-corrected chi connectivity index (χ4v) is 2.16. The average Bonchev–Trinajstić information content (AvgIpc) is 2.41. The first-order valence-electron chi connectivity index (χ1n) is 6.92. The molecule has 5 heteroatoms. The molecule has 0 aliphatic heterocycles. The number of hydrogen-bond donors (Lipinski definition) is 2. The minimum absolute atomic E-state index is 0.284. The molecule has 4 nitrogen and oxygen atoms in total. The van der Waals surface area contributed by atoms with Gasteiger partial charge >= 0.3 is 0 Å². The van der Waals surface area contributed by atoms with Gasteiger partial charge in [0.2, 0.25) is 0 Å². The molecule has 1 rings (SSSR count). The lowest BCUT2D eigenvalue weighted by Gasteiger charge is -2.23. The molecule has 2 N–H and O–H groups in total. The van der Waals surface area contributed by atoms with Crippen LogP contribution in [-0.4, -0.2) is 45.1 Å². The van der Waals surface area contributed by atoms with E-state index in [1.807, 2.05) is 32.2 Å². The Morgan fingerprint density at radius 2 is 2.20 bits per heavy atom. The van der Waals surface area contributed by atoms with Crippen molar-refractivity contribution in [1.29, 1.82) is 0 Å². The van der Waals surface area contributed by atoms with Crippen molar-refractivity contribution in [3.63, 3.8) is 0 Å². The third-order valence-electron chi connectivity index (χ3n) is 3.13. The Labute approximate surface area is 126 Å². The molecular weight excluding hydrogens is 276 g/mol. The van der Waals surface area contributed by atoms with Crippen LogP contribution in [0.3, 0.4) is 0 Å². The summed E-state index contributed by atoms with van der Waals surface area (Å²) in [6, 6.07) is 5.90. The first kappa shape index (κ1) is 17.2. The lowest BCUT2D eigenvalue weighted by Crippen LogP contribution is -2.25. The number of rotatable bonds is 9. The summed E-state index contributed by atoms with van der Waals surface area (Å²) < 4.78 is 5.02. The van der Waals surface area contributed by atoms with Crippen molar-refractivity contribution in [2.75, 3.05) is 38.8 Å². The van der Waals surface area contributed by atoms with E-state index in [0.717, 1.165) is 42.3 Å². The third-order valence-corrected chi connectivity index (χ3v) is 3.37. The number of nitrogens with zero attached hydrogens (tertiary/aromatic N) is 1. The summed E-state index contributed by atoms with van der Waals surface area (Å²) in [6.07, 6.45) is 0.461. The van der Waals surface area contributed by atoms with E-state index in [9.17, 15) is 5.11 Å². The molecule has 20 heavy (non-hydrogen) atoms. The lowest BCUT2D eigenvalue weighted by molar-refractivity contribution is 0.187. The molecule has 0 aromatic heterocycles. The van der Waals surface area contributed by atoms with Gasteiger partial charge in [-0.3, -0.25) is 0 Å². The number of nitrogens with one attached hydrogen (secondary N) is 1. The summed E-state index contributed by atoms with van der Waals surface area (Å²) in [5.74, 6) is 0. The van der Waals surface area contributed by atoms with Crippen LogP contribution >= 0.6 is 11.6 Å². The standard InChI is InChI=1S/C15H25ClN2O2/c1-12(19)6-8-18(2)15-5-4-14(16)10-13(15)11-17-7-9-20-3/h4-5,10,12,17,19H,6-9,11H2,1-3H3. The Kier molecular flexibility index (Phi) is 7.92. The Bertz CT molecular complexity index is 399. The van der Waals surface area contributed by atoms with Gasteiger partial charge in [-0.1, -0.05) is 11.6 Å². The molecule has 0 aliphatic rings. The number of hydrogen-bond acceptors (Lipinski definition) is 4. The molecule has 0 saturated heterocycles. The maximum absolute atomic E-state index is 9.39. The smallest absolute Gasteiger partial charge is 0.0587 e. The van der Waals surface area contributed by atoms with Crippen LogP contribution in [0.2, 0.25) is 5.02 Å². The van der Waals surface area contributed by atoms with Crippen molar-refractivity contribution in [2.45, 2.75) is 26.0 Å². The molecule has 0 heterocycles. The number of aliphatic hydroxyl groups excluding tert-OH is 1. The second-order valence-corrected chi connectivity index (χ2v) is 5.44. The van der Waals surface area contributed by atoms with Gasteiger partial charge < -0.3 is 20.1 Å². The molecule has 0 spiro atoms. The minimum atomic E-state index is -0.284. The molecular formula is C15H25ClN2O2. The van der Waals surface area contributed by atoms with Gasteiger partial charge in [0.25, 0.3) is 0 Å². The predicted octanol–water partition coefficient (Wildman–Crippen LogP) is 2.28. The van der Waals surface area contributed by atoms with Crippen molar-refractivity contribution in [3.8, 4) is 0 Å². The molecule has 0 radical (unpaired) electrons. The van der Waals surface area contributed by atoms with Crippen LogP contribution in [0.1, 0.15) is 18.9 Å². The number of methoxy groups -OCH3 is 1. The predicted molar refractivity (Wildman–Crippen MR) is 84.6 cm³/mol. The summed E-state index contributed by atoms with van der Waals surface area (Å²) in [5.41, 5.74) is 2.29. The zero-order valence-corrected chi connectivity index (χ0v) is 13.3. The molecule has 0 aliphatic carbocycles. The molecule has 114 valence electrons. The number of halogens is 1. The van der Waals surface area contributed by atoms with Crippen LogP contribution < -0.4 is 10.2 Å². The van der Waals surface area contributed by atoms with Crippen LogP contribution in [0.4, 0.5) is 5.69 Å². The SMILES string of the molecule is COCCNCc1cc(Cl)ccc1N(C)CCC(C)O. The summed E-state index contributed by atoms with van der Waals surface area (Å²) in [4.78, 5) is 2.15. The van der Waals surface area contributed by atoms with Crippen LogP contribution in [0.25, 0.3) is 0 Å². The van der Waals surface area contributed by atoms with Gasteiger partial charge in [-0.2, -0.15) is 0 Å². The summed E-state index contributed by atoms with van der Waals surface area (Å²) in [7, 11) is 3.72. The lowest BCUT2D eigenvalue weighted by atomic mass is 10.1. The van der Waals surface area contributed by atoms with Gasteiger partial charge in [-0.25, -0.2) is 0 Å². The quantitative estimate of drug-likeness (QED) is 0.687. The first-order valence-corrected chi connectivity index (χ1v) is 7.29. The molecule has 0 fully saturated rings. The van der Waals surface area contributed by atoms with Crippen molar-refractivity contribution >= 4 is 17.3 Å². The molecule has 0 amide bonds. The van der Waals surface area contributed by atoms with Crippen molar-refractivity contribution in [2.24, 2.45) is 0 Å². The maximum Gasteiger partial charge on any atom is 0.0587 e. The maximum atomic E-state index is 9.39. The Morgan fingerprint density at radius 1 is 1.45 bits per heavy atom. The van der Waals surface area contributed by atoms with Gasteiger partial charge in [-0.05, 0) is 37.1 Å². The van der Waals surface area contributed by atoms with E-state index in [4.69, 9.17) is 16.3 Å². The highest BCUT2D eigenvalue weighted by molar-refractivity contribution is 6.30. The van der Waals surface area contributed by atoms with E-state index < -0.39 is 0 Å². The van der Waals surface area contributed by atoms with Gasteiger partial charge in [0.1, 0.15) is 0 Å². The normalized spacial score (nSPS) is 12.4. The molecule has 0 saturated carbocycles. The Hall–Kier alpha value is -0.810. The topological polar surface area (TPSA) is 44.7 Å². The van der Waals surface area contributed by atoms with Gasteiger partial charge in [-0.15, -0.1) is 0 Å². The van der Waals surface area contributed by atoms with E-state index in [1.54, 1.807) is 7.11 Å². The molecule has 1 atom stereocenters. The minimum Gasteiger partial charge on any atom is -0.393 e. The first-order chi connectivity index (χ1) is 9.54. The van der Waals surface area contributed by atoms with Crippen molar-refractivity contribution in [1.82, 2.24) is 5.32 Å². The van der Waals surface area contributed by atoms with E-state index >= 15 is 0 Å². The highest BCUT2D eigenvalue weighted by Gasteiger charge is 2.09. The monoisotopic (exact) mass is 300 g/mol. The number of benzene rings is 1. The van der Waals surface area contributed by atoms with Gasteiger partial charge in [0.15, 0.2) is 0 Å². The average molecular weight is 301 g/mol. The summed E-state index contributed by atoms with van der Waals surface area (Å²) in [5, 5.41) is 13.5. The summed E-state index contributed by atoms with van der Waals surface area (Å²) in [6.45, 7) is 4.86. The van der Waals surface area contributed by atoms with Crippen LogP contribution in [0.5, 0.6) is 0 Å². The molecule has 0 bridgehead atoms. The Morgan fingerprint density at radius 3 is 2.85 bits per heavy atom. The molecule has 1 aromatic carbocycles. The van der Waals surface area contributed by atoms with Crippen molar-refractivity contribution < 1.29 is 9.84 Å². The van der Waals surface area contributed by atoms with E-state index in [1.165, 1.54) is 0 Å². The fraction of sp³-hybridized carbons (Fsp3) is 0.600. The number of ether oxygens (including phenoxy) is 1. The zero-order chi connectivity index (χ0) is 15.0. The Balaban J connectivity index is 2.68. The third kappa shape index (κ3) is 6.09. The second-order valence-electron chi connectivity index (χ2n) is 5.00. The number of aliphatic hydroxyl groups is 1. The zero-order valence-electron chi connectivity index (χ0n) is 12.5. The second kappa shape index (κ2) is 9.19. The van der Waals surface area contributed by atoms with Gasteiger partial charge in [0, 0.05) is 44.5 Å².